The first kappa shape index (κ1) is 13.3. The summed E-state index contributed by atoms with van der Waals surface area (Å²) in [4.78, 5) is 1.94. The second-order valence-electron chi connectivity index (χ2n) is 3.62. The molecule has 0 bridgehead atoms. The number of anilines is 1. The highest BCUT2D eigenvalue weighted by Crippen LogP contribution is 2.26. The molecule has 0 aliphatic rings. The van der Waals surface area contributed by atoms with E-state index >= 15 is 0 Å². The van der Waals surface area contributed by atoms with Crippen LogP contribution in [0, 0.1) is 13.8 Å². The number of hydrogen-bond acceptors (Lipinski definition) is 5. The number of aryl methyl sites for hydroxylation is 2. The Morgan fingerprint density at radius 3 is 2.50 bits per heavy atom. The van der Waals surface area contributed by atoms with Crippen molar-refractivity contribution >= 4 is 38.8 Å². The number of rotatable bonds is 3. The summed E-state index contributed by atoms with van der Waals surface area (Å²) in [7, 11) is -3.62. The Hall–Kier alpha value is -1.18. The van der Waals surface area contributed by atoms with Crippen LogP contribution in [0.1, 0.15) is 9.75 Å². The summed E-state index contributed by atoms with van der Waals surface area (Å²) < 4.78 is 26.6. The molecule has 0 saturated heterocycles. The van der Waals surface area contributed by atoms with Crippen molar-refractivity contribution in [2.45, 2.75) is 18.7 Å². The highest BCUT2D eigenvalue weighted by Gasteiger charge is 2.19. The van der Waals surface area contributed by atoms with E-state index in [9.17, 15) is 8.42 Å². The molecule has 0 radical (unpaired) electrons. The minimum absolute atomic E-state index is 0.141. The van der Waals surface area contributed by atoms with Crippen molar-refractivity contribution in [2.24, 2.45) is 0 Å². The van der Waals surface area contributed by atoms with Crippen LogP contribution in [0.2, 0.25) is 5.15 Å². The predicted octanol–water partition coefficient (Wildman–Crippen LogP) is 2.61. The van der Waals surface area contributed by atoms with Gasteiger partial charge in [-0.2, -0.15) is 0 Å². The molecule has 0 unspecified atom stereocenters. The second kappa shape index (κ2) is 4.83. The molecule has 0 aromatic carbocycles. The van der Waals surface area contributed by atoms with E-state index in [0.717, 1.165) is 9.75 Å². The van der Waals surface area contributed by atoms with Gasteiger partial charge in [0.05, 0.1) is 0 Å². The third kappa shape index (κ3) is 2.80. The van der Waals surface area contributed by atoms with E-state index in [2.05, 4.69) is 14.9 Å². The van der Waals surface area contributed by atoms with Crippen LogP contribution in [0.25, 0.3) is 0 Å². The minimum atomic E-state index is -3.62. The first-order valence-corrected chi connectivity index (χ1v) is 7.65. The highest BCUT2D eigenvalue weighted by molar-refractivity contribution is 7.93. The molecule has 0 spiro atoms. The Morgan fingerprint density at radius 1 is 1.28 bits per heavy atom. The van der Waals surface area contributed by atoms with Crippen LogP contribution in [-0.2, 0) is 10.0 Å². The summed E-state index contributed by atoms with van der Waals surface area (Å²) in [5.41, 5.74) is 0. The molecule has 8 heteroatoms. The number of hydrogen-bond donors (Lipinski definition) is 1. The van der Waals surface area contributed by atoms with Crippen molar-refractivity contribution < 1.29 is 8.42 Å². The lowest BCUT2D eigenvalue weighted by atomic mass is 10.4. The fourth-order valence-corrected chi connectivity index (χ4v) is 4.09. The van der Waals surface area contributed by atoms with Gasteiger partial charge in [-0.15, -0.1) is 21.5 Å². The number of sulfonamides is 1. The van der Waals surface area contributed by atoms with Crippen LogP contribution in [-0.4, -0.2) is 18.6 Å². The van der Waals surface area contributed by atoms with Crippen LogP contribution in [0.15, 0.2) is 23.1 Å². The standard InChI is InChI=1S/C10H10ClN3O2S2/c1-6-5-8(7(2)17-6)18(15,16)14-10-4-3-9(11)12-13-10/h3-5H,1-2H3,(H,13,14). The zero-order chi connectivity index (χ0) is 13.3. The molecule has 0 amide bonds. The number of nitrogens with one attached hydrogen (secondary N) is 1. The zero-order valence-electron chi connectivity index (χ0n) is 9.64. The monoisotopic (exact) mass is 303 g/mol. The van der Waals surface area contributed by atoms with E-state index in [1.54, 1.807) is 13.0 Å². The van der Waals surface area contributed by atoms with E-state index in [1.807, 2.05) is 6.92 Å². The average molecular weight is 304 g/mol. The van der Waals surface area contributed by atoms with E-state index in [4.69, 9.17) is 11.6 Å². The van der Waals surface area contributed by atoms with Gasteiger partial charge in [0.2, 0.25) is 0 Å². The van der Waals surface area contributed by atoms with Gasteiger partial charge in [-0.05, 0) is 32.0 Å². The predicted molar refractivity (Wildman–Crippen MR) is 71.6 cm³/mol. The smallest absolute Gasteiger partial charge is 0.262 e. The van der Waals surface area contributed by atoms with Crippen LogP contribution >= 0.6 is 22.9 Å². The molecule has 2 aromatic rings. The summed E-state index contributed by atoms with van der Waals surface area (Å²) in [6, 6.07) is 4.56. The molecule has 2 aromatic heterocycles. The number of halogens is 1. The number of nitrogens with zero attached hydrogens (tertiary/aromatic N) is 2. The van der Waals surface area contributed by atoms with E-state index in [-0.39, 0.29) is 15.9 Å². The topological polar surface area (TPSA) is 72.0 Å². The summed E-state index contributed by atoms with van der Waals surface area (Å²) >= 11 is 7.01. The third-order valence-electron chi connectivity index (χ3n) is 2.16. The van der Waals surface area contributed by atoms with Crippen molar-refractivity contribution in [1.29, 1.82) is 0 Å². The molecule has 0 saturated carbocycles. The first-order chi connectivity index (χ1) is 8.38. The Balaban J connectivity index is 2.33. The molecule has 0 aliphatic carbocycles. The van der Waals surface area contributed by atoms with Crippen molar-refractivity contribution in [1.82, 2.24) is 10.2 Å². The molecular weight excluding hydrogens is 294 g/mol. The lowest BCUT2D eigenvalue weighted by molar-refractivity contribution is 0.600. The highest BCUT2D eigenvalue weighted by atomic mass is 35.5. The van der Waals surface area contributed by atoms with Gasteiger partial charge in [0.25, 0.3) is 10.0 Å². The minimum Gasteiger partial charge on any atom is -0.262 e. The fourth-order valence-electron chi connectivity index (χ4n) is 1.44. The van der Waals surface area contributed by atoms with Crippen LogP contribution < -0.4 is 4.72 Å². The maximum absolute atomic E-state index is 12.1. The van der Waals surface area contributed by atoms with E-state index in [0.29, 0.717) is 0 Å². The fraction of sp³-hybridized carbons (Fsp3) is 0.200. The molecule has 18 heavy (non-hydrogen) atoms. The molecule has 0 aliphatic heterocycles. The van der Waals surface area contributed by atoms with Crippen molar-refractivity contribution in [2.75, 3.05) is 4.72 Å². The van der Waals surface area contributed by atoms with Gasteiger partial charge in [0.1, 0.15) is 4.90 Å². The largest absolute Gasteiger partial charge is 0.264 e. The van der Waals surface area contributed by atoms with Gasteiger partial charge in [-0.1, -0.05) is 11.6 Å². The van der Waals surface area contributed by atoms with Gasteiger partial charge < -0.3 is 0 Å². The van der Waals surface area contributed by atoms with E-state index < -0.39 is 10.0 Å². The van der Waals surface area contributed by atoms with Crippen molar-refractivity contribution in [3.05, 3.63) is 33.1 Å². The van der Waals surface area contributed by atoms with Gasteiger partial charge >= 0.3 is 0 Å². The SMILES string of the molecule is Cc1cc(S(=O)(=O)Nc2ccc(Cl)nn2)c(C)s1. The summed E-state index contributed by atoms with van der Waals surface area (Å²) in [6.45, 7) is 3.62. The lowest BCUT2D eigenvalue weighted by Gasteiger charge is -2.05. The number of aromatic nitrogens is 2. The number of thiophene rings is 1. The van der Waals surface area contributed by atoms with Gasteiger partial charge in [0, 0.05) is 9.75 Å². The van der Waals surface area contributed by atoms with Crippen LogP contribution in [0.5, 0.6) is 0 Å². The molecular formula is C10H10ClN3O2S2. The maximum Gasteiger partial charge on any atom is 0.264 e. The Kier molecular flexibility index (Phi) is 3.56. The average Bonchev–Trinajstić information content (AvgIpc) is 2.62. The quantitative estimate of drug-likeness (QED) is 0.946. The molecule has 1 N–H and O–H groups in total. The summed E-state index contributed by atoms with van der Waals surface area (Å²) in [5, 5.41) is 7.44. The maximum atomic E-state index is 12.1. The van der Waals surface area contributed by atoms with Gasteiger partial charge in [0.15, 0.2) is 11.0 Å². The molecule has 2 rings (SSSR count). The zero-order valence-corrected chi connectivity index (χ0v) is 12.0. The Morgan fingerprint density at radius 2 is 2.00 bits per heavy atom. The van der Waals surface area contributed by atoms with E-state index in [1.165, 1.54) is 23.5 Å². The Bertz CT molecular complexity index is 665. The lowest BCUT2D eigenvalue weighted by Crippen LogP contribution is -2.14. The summed E-state index contributed by atoms with van der Waals surface area (Å²) in [5.74, 6) is 0.141. The van der Waals surface area contributed by atoms with Crippen molar-refractivity contribution in [3.8, 4) is 0 Å². The van der Waals surface area contributed by atoms with Crippen molar-refractivity contribution in [3.63, 3.8) is 0 Å². The van der Waals surface area contributed by atoms with Gasteiger partial charge in [-0.3, -0.25) is 4.72 Å². The molecule has 5 nitrogen and oxygen atoms in total. The van der Waals surface area contributed by atoms with Gasteiger partial charge in [-0.25, -0.2) is 8.42 Å². The Labute approximate surface area is 114 Å². The van der Waals surface area contributed by atoms with Crippen LogP contribution in [0.4, 0.5) is 5.82 Å². The molecule has 0 fully saturated rings. The third-order valence-corrected chi connectivity index (χ3v) is 4.93. The second-order valence-corrected chi connectivity index (χ2v) is 7.12. The molecule has 2 heterocycles. The molecule has 96 valence electrons. The first-order valence-electron chi connectivity index (χ1n) is 4.97. The molecule has 0 atom stereocenters. The van der Waals surface area contributed by atoms with Crippen LogP contribution in [0.3, 0.4) is 0 Å². The summed E-state index contributed by atoms with van der Waals surface area (Å²) in [6.07, 6.45) is 0. The normalized spacial score (nSPS) is 11.5.